The van der Waals surface area contributed by atoms with Crippen LogP contribution in [0.4, 0.5) is 5.69 Å². The molecule has 1 unspecified atom stereocenters. The fraction of sp³-hybridized carbons (Fsp3) is 0.148. The third-order valence-corrected chi connectivity index (χ3v) is 13.9. The standard InChI is InChI=1S/C61H53N/c1-59(2)54-26-16-15-25-51(54)52-33-30-45(39-57(52)59)48(32-29-42-19-9-6-10-20-42)50(43-21-11-7-12-22-43)36-38-62-47-31-34-49(53(41-47)44-23-13-8-14-24-44)46-35-37-61(5)56-28-18-17-27-55(56)60(3,4)58(61)40-46/h6-36,38-41,62H,37H2,1-5H3/b32-29-,38-36+,50-48-. The van der Waals surface area contributed by atoms with E-state index in [1.807, 2.05) is 0 Å². The number of hydrogen-bond acceptors (Lipinski definition) is 1. The summed E-state index contributed by atoms with van der Waals surface area (Å²) in [5.41, 5.74) is 21.5. The van der Waals surface area contributed by atoms with Crippen molar-refractivity contribution in [3.8, 4) is 22.3 Å². The van der Waals surface area contributed by atoms with Crippen LogP contribution in [0.2, 0.25) is 0 Å². The van der Waals surface area contributed by atoms with Crippen LogP contribution in [0.1, 0.15) is 85.5 Å². The molecule has 3 aliphatic carbocycles. The summed E-state index contributed by atoms with van der Waals surface area (Å²) in [6.45, 7) is 11.9. The fourth-order valence-electron chi connectivity index (χ4n) is 10.6. The second kappa shape index (κ2) is 15.5. The predicted molar refractivity (Wildman–Crippen MR) is 265 cm³/mol. The molecule has 7 aromatic carbocycles. The topological polar surface area (TPSA) is 12.0 Å². The monoisotopic (exact) mass is 799 g/mol. The van der Waals surface area contributed by atoms with E-state index in [0.29, 0.717) is 0 Å². The highest BCUT2D eigenvalue weighted by Gasteiger charge is 2.49. The Labute approximate surface area is 368 Å². The SMILES string of the molecule is CC1(C)C2=CC(c3ccc(N/C=C/C(=C(\C=C/c4ccccc4)c4ccc5c(c4)C(C)(C)c4ccccc4-5)c4ccccc4)cc3-c3ccccc3)=CCC2(C)c2ccccc21. The molecule has 3 aliphatic rings. The first-order valence-corrected chi connectivity index (χ1v) is 22.1. The molecule has 1 heteroatoms. The highest BCUT2D eigenvalue weighted by atomic mass is 14.8. The van der Waals surface area contributed by atoms with E-state index in [4.69, 9.17) is 0 Å². The van der Waals surface area contributed by atoms with Gasteiger partial charge in [-0.2, -0.15) is 0 Å². The van der Waals surface area contributed by atoms with Crippen LogP contribution in [0.25, 0.3) is 45.0 Å². The molecular formula is C61H53N. The van der Waals surface area contributed by atoms with Crippen molar-refractivity contribution in [1.82, 2.24) is 0 Å². The van der Waals surface area contributed by atoms with Crippen molar-refractivity contribution < 1.29 is 0 Å². The zero-order valence-electron chi connectivity index (χ0n) is 36.4. The quantitative estimate of drug-likeness (QED) is 0.113. The number of benzene rings is 7. The molecule has 62 heavy (non-hydrogen) atoms. The average Bonchev–Trinajstić information content (AvgIpc) is 3.65. The van der Waals surface area contributed by atoms with Gasteiger partial charge in [0.15, 0.2) is 0 Å². The minimum absolute atomic E-state index is 0.00288. The Morgan fingerprint density at radius 1 is 0.484 bits per heavy atom. The molecule has 0 heterocycles. The van der Waals surface area contributed by atoms with E-state index >= 15 is 0 Å². The molecule has 0 bridgehead atoms. The van der Waals surface area contributed by atoms with Crippen molar-refractivity contribution in [2.24, 2.45) is 0 Å². The van der Waals surface area contributed by atoms with Gasteiger partial charge in [-0.1, -0.05) is 217 Å². The van der Waals surface area contributed by atoms with Gasteiger partial charge in [-0.3, -0.25) is 0 Å². The zero-order valence-corrected chi connectivity index (χ0v) is 36.4. The smallest absolute Gasteiger partial charge is 0.0386 e. The van der Waals surface area contributed by atoms with Crippen LogP contribution in [0.5, 0.6) is 0 Å². The van der Waals surface area contributed by atoms with Crippen LogP contribution in [-0.2, 0) is 16.2 Å². The molecule has 1 N–H and O–H groups in total. The zero-order chi connectivity index (χ0) is 42.5. The summed E-state index contributed by atoms with van der Waals surface area (Å²) in [5, 5.41) is 3.73. The van der Waals surface area contributed by atoms with Crippen molar-refractivity contribution >= 4 is 28.5 Å². The van der Waals surface area contributed by atoms with Gasteiger partial charge in [0.25, 0.3) is 0 Å². The van der Waals surface area contributed by atoms with E-state index in [2.05, 4.69) is 252 Å². The first kappa shape index (κ1) is 39.2. The third-order valence-electron chi connectivity index (χ3n) is 13.9. The first-order chi connectivity index (χ1) is 30.1. The number of nitrogens with one attached hydrogen (secondary N) is 1. The van der Waals surface area contributed by atoms with Crippen LogP contribution < -0.4 is 5.32 Å². The molecule has 0 saturated carbocycles. The van der Waals surface area contributed by atoms with Crippen LogP contribution in [-0.4, -0.2) is 0 Å². The van der Waals surface area contributed by atoms with Crippen LogP contribution in [0.15, 0.2) is 212 Å². The van der Waals surface area contributed by atoms with E-state index in [1.165, 1.54) is 66.8 Å². The van der Waals surface area contributed by atoms with E-state index in [9.17, 15) is 0 Å². The molecule has 7 aromatic rings. The lowest BCUT2D eigenvalue weighted by Gasteiger charge is -2.35. The second-order valence-electron chi connectivity index (χ2n) is 18.4. The summed E-state index contributed by atoms with van der Waals surface area (Å²) in [4.78, 5) is 0. The van der Waals surface area contributed by atoms with Crippen molar-refractivity contribution in [3.63, 3.8) is 0 Å². The predicted octanol–water partition coefficient (Wildman–Crippen LogP) is 15.9. The summed E-state index contributed by atoms with van der Waals surface area (Å²) in [6.07, 6.45) is 14.8. The Kier molecular flexibility index (Phi) is 9.80. The van der Waals surface area contributed by atoms with Gasteiger partial charge in [0.2, 0.25) is 0 Å². The Balaban J connectivity index is 1.05. The molecule has 302 valence electrons. The molecule has 0 fully saturated rings. The minimum atomic E-state index is -0.106. The van der Waals surface area contributed by atoms with E-state index in [-0.39, 0.29) is 16.2 Å². The summed E-state index contributed by atoms with van der Waals surface area (Å²) < 4.78 is 0. The van der Waals surface area contributed by atoms with Gasteiger partial charge in [0, 0.05) is 28.1 Å². The van der Waals surface area contributed by atoms with Crippen LogP contribution in [0, 0.1) is 0 Å². The second-order valence-corrected chi connectivity index (χ2v) is 18.4. The van der Waals surface area contributed by atoms with E-state index in [0.717, 1.165) is 34.4 Å². The molecule has 0 aliphatic heterocycles. The van der Waals surface area contributed by atoms with Crippen molar-refractivity contribution in [2.45, 2.75) is 57.3 Å². The molecule has 10 rings (SSSR count). The molecule has 0 radical (unpaired) electrons. The number of allylic oxidation sites excluding steroid dienone is 8. The lowest BCUT2D eigenvalue weighted by atomic mass is 9.68. The average molecular weight is 800 g/mol. The van der Waals surface area contributed by atoms with Crippen molar-refractivity contribution in [1.29, 1.82) is 0 Å². The lowest BCUT2D eigenvalue weighted by molar-refractivity contribution is 0.513. The number of fused-ring (bicyclic) bond motifs is 6. The third kappa shape index (κ3) is 6.73. The Morgan fingerprint density at radius 2 is 1.10 bits per heavy atom. The first-order valence-electron chi connectivity index (χ1n) is 22.1. The maximum Gasteiger partial charge on any atom is 0.0386 e. The fourth-order valence-corrected chi connectivity index (χ4v) is 10.6. The summed E-state index contributed by atoms with van der Waals surface area (Å²) >= 11 is 0. The van der Waals surface area contributed by atoms with Crippen molar-refractivity contribution in [3.05, 3.63) is 257 Å². The maximum absolute atomic E-state index is 3.73. The normalized spacial score (nSPS) is 18.3. The highest BCUT2D eigenvalue weighted by Crippen LogP contribution is 2.58. The number of rotatable bonds is 9. The Morgan fingerprint density at radius 3 is 1.85 bits per heavy atom. The van der Waals surface area contributed by atoms with Crippen LogP contribution >= 0.6 is 0 Å². The molecule has 1 nitrogen and oxygen atoms in total. The van der Waals surface area contributed by atoms with Crippen molar-refractivity contribution in [2.75, 3.05) is 5.32 Å². The Hall–Kier alpha value is -6.96. The van der Waals surface area contributed by atoms with Gasteiger partial charge in [-0.05, 0) is 120 Å². The number of anilines is 1. The van der Waals surface area contributed by atoms with Gasteiger partial charge in [0.05, 0.1) is 0 Å². The minimum Gasteiger partial charge on any atom is -0.362 e. The van der Waals surface area contributed by atoms with Gasteiger partial charge >= 0.3 is 0 Å². The van der Waals surface area contributed by atoms with Gasteiger partial charge in [0.1, 0.15) is 0 Å². The molecule has 0 amide bonds. The molecular weight excluding hydrogens is 747 g/mol. The van der Waals surface area contributed by atoms with Gasteiger partial charge < -0.3 is 5.32 Å². The Bertz CT molecular complexity index is 2990. The molecule has 1 atom stereocenters. The van der Waals surface area contributed by atoms with Gasteiger partial charge in [-0.15, -0.1) is 0 Å². The van der Waals surface area contributed by atoms with Crippen LogP contribution in [0.3, 0.4) is 0 Å². The highest BCUT2D eigenvalue weighted by molar-refractivity contribution is 6.02. The van der Waals surface area contributed by atoms with Gasteiger partial charge in [-0.25, -0.2) is 0 Å². The summed E-state index contributed by atoms with van der Waals surface area (Å²) in [5.74, 6) is 0. The largest absolute Gasteiger partial charge is 0.362 e. The molecule has 0 spiro atoms. The summed E-state index contributed by atoms with van der Waals surface area (Å²) in [7, 11) is 0. The summed E-state index contributed by atoms with van der Waals surface area (Å²) in [6, 6.07) is 64.1. The van der Waals surface area contributed by atoms with E-state index < -0.39 is 0 Å². The molecule has 0 aromatic heterocycles. The molecule has 0 saturated heterocycles. The maximum atomic E-state index is 3.73. The lowest BCUT2D eigenvalue weighted by Crippen LogP contribution is -2.28. The van der Waals surface area contributed by atoms with E-state index in [1.54, 1.807) is 0 Å². The number of hydrogen-bond donors (Lipinski definition) is 1.